The first kappa shape index (κ1) is 14.5. The number of alkyl halides is 1. The van der Waals surface area contributed by atoms with Crippen molar-refractivity contribution in [1.82, 2.24) is 0 Å². The van der Waals surface area contributed by atoms with Crippen molar-refractivity contribution in [1.29, 1.82) is 0 Å². The summed E-state index contributed by atoms with van der Waals surface area (Å²) in [5.74, 6) is -1.47. The van der Waals surface area contributed by atoms with Gasteiger partial charge in [0.15, 0.2) is 0 Å². The van der Waals surface area contributed by atoms with Crippen LogP contribution in [0.1, 0.15) is 17.9 Å². The third-order valence-corrected chi connectivity index (χ3v) is 4.88. The van der Waals surface area contributed by atoms with Gasteiger partial charge in [-0.05, 0) is 68.1 Å². The van der Waals surface area contributed by atoms with Crippen LogP contribution in [0.4, 0.5) is 4.39 Å². The predicted octanol–water partition coefficient (Wildman–Crippen LogP) is 3.27. The Kier molecular flexibility index (Phi) is 4.26. The summed E-state index contributed by atoms with van der Waals surface area (Å²) in [5.41, 5.74) is -0.463. The minimum Gasteiger partial charge on any atom is -0.545 e. The van der Waals surface area contributed by atoms with E-state index >= 15 is 0 Å². The Bertz CT molecular complexity index is 569. The molecule has 19 heavy (non-hydrogen) atoms. The Morgan fingerprint density at radius 3 is 2.74 bits per heavy atom. The lowest BCUT2D eigenvalue weighted by atomic mass is 10.1. The van der Waals surface area contributed by atoms with Gasteiger partial charge in [-0.1, -0.05) is 18.2 Å². The molecule has 0 amide bonds. The van der Waals surface area contributed by atoms with Crippen LogP contribution in [0.5, 0.6) is 0 Å². The number of allylic oxidation sites excluding steroid dienone is 3. The molecule has 1 aromatic carbocycles. The van der Waals surface area contributed by atoms with E-state index in [1.54, 1.807) is 0 Å². The average Bonchev–Trinajstić information content (AvgIpc) is 3.01. The molecule has 0 heterocycles. The van der Waals surface area contributed by atoms with Crippen molar-refractivity contribution in [3.63, 3.8) is 0 Å². The second-order valence-corrected chi connectivity index (χ2v) is 6.10. The third kappa shape index (κ3) is 3.54. The zero-order valence-corrected chi connectivity index (χ0v) is 12.9. The molecule has 0 N–H and O–H groups in total. The number of carboxylic acids is 1. The molecule has 0 radical (unpaired) electrons. The van der Waals surface area contributed by atoms with E-state index in [9.17, 15) is 14.3 Å². The summed E-state index contributed by atoms with van der Waals surface area (Å²) >= 11 is 6.76. The summed E-state index contributed by atoms with van der Waals surface area (Å²) < 4.78 is 16.1. The molecular formula is C14H10Br2FO2-. The fourth-order valence-corrected chi connectivity index (χ4v) is 2.55. The molecule has 1 fully saturated rings. The number of rotatable bonds is 4. The zero-order valence-electron chi connectivity index (χ0n) is 9.78. The highest BCUT2D eigenvalue weighted by molar-refractivity contribution is 9.13. The van der Waals surface area contributed by atoms with Crippen molar-refractivity contribution in [3.05, 3.63) is 57.0 Å². The molecule has 2 atom stereocenters. The molecule has 100 valence electrons. The zero-order chi connectivity index (χ0) is 14.0. The van der Waals surface area contributed by atoms with Crippen LogP contribution in [-0.2, 0) is 4.79 Å². The van der Waals surface area contributed by atoms with Gasteiger partial charge in [-0.2, -0.15) is 0 Å². The molecule has 0 bridgehead atoms. The maximum absolute atomic E-state index is 14.3. The molecule has 2 nitrogen and oxygen atoms in total. The highest BCUT2D eigenvalue weighted by Crippen LogP contribution is 2.56. The number of halogens is 3. The smallest absolute Gasteiger partial charge is 0.137 e. The average molecular weight is 389 g/mol. The van der Waals surface area contributed by atoms with Crippen molar-refractivity contribution < 1.29 is 14.3 Å². The van der Waals surface area contributed by atoms with Gasteiger partial charge in [0.05, 0.1) is 5.97 Å². The van der Waals surface area contributed by atoms with Gasteiger partial charge in [-0.3, -0.25) is 0 Å². The monoisotopic (exact) mass is 387 g/mol. The summed E-state index contributed by atoms with van der Waals surface area (Å²) in [6, 6.07) is 5.64. The molecule has 1 saturated carbocycles. The summed E-state index contributed by atoms with van der Waals surface area (Å²) in [6.07, 6.45) is 5.35. The van der Waals surface area contributed by atoms with E-state index < -0.39 is 11.6 Å². The highest BCUT2D eigenvalue weighted by atomic mass is 79.9. The lowest BCUT2D eigenvalue weighted by Gasteiger charge is -2.04. The molecule has 2 unspecified atom stereocenters. The van der Waals surface area contributed by atoms with Gasteiger partial charge < -0.3 is 9.90 Å². The van der Waals surface area contributed by atoms with Crippen molar-refractivity contribution in [2.75, 3.05) is 0 Å². The Hall–Kier alpha value is -0.940. The number of carbonyl (C=O) groups is 1. The topological polar surface area (TPSA) is 40.1 Å². The number of carbonyl (C=O) groups excluding carboxylic acids is 1. The fraction of sp³-hybridized carbons (Fsp3) is 0.214. The van der Waals surface area contributed by atoms with Crippen molar-refractivity contribution in [2.24, 2.45) is 0 Å². The second-order valence-electron chi connectivity index (χ2n) is 4.39. The minimum absolute atomic E-state index is 0.176. The minimum atomic E-state index is -1.39. The highest BCUT2D eigenvalue weighted by Gasteiger charge is 2.54. The normalized spacial score (nSPS) is 26.2. The summed E-state index contributed by atoms with van der Waals surface area (Å²) in [5, 5.41) is 10.2. The first-order valence-corrected chi connectivity index (χ1v) is 7.22. The van der Waals surface area contributed by atoms with E-state index in [2.05, 4.69) is 31.9 Å². The molecule has 1 aliphatic carbocycles. The summed E-state index contributed by atoms with van der Waals surface area (Å²) in [6.45, 7) is 0. The largest absolute Gasteiger partial charge is 0.545 e. The van der Waals surface area contributed by atoms with Gasteiger partial charge in [0.1, 0.15) is 5.67 Å². The second kappa shape index (κ2) is 5.59. The quantitative estimate of drug-likeness (QED) is 0.586. The number of carboxylic acid groups (broad SMARTS) is 1. The SMILES string of the molecule is O=C([O-])/C=C/C=C/C1(F)CC1c1ccc(Br)c(Br)c1. The lowest BCUT2D eigenvalue weighted by Crippen LogP contribution is -2.18. The Labute approximate surface area is 127 Å². The lowest BCUT2D eigenvalue weighted by molar-refractivity contribution is -0.297. The molecule has 0 saturated heterocycles. The molecule has 2 rings (SSSR count). The Morgan fingerprint density at radius 2 is 2.11 bits per heavy atom. The van der Waals surface area contributed by atoms with Gasteiger partial charge in [-0.25, -0.2) is 4.39 Å². The van der Waals surface area contributed by atoms with Crippen LogP contribution in [0.2, 0.25) is 0 Å². The van der Waals surface area contributed by atoms with E-state index in [4.69, 9.17) is 0 Å². The Balaban J connectivity index is 2.06. The van der Waals surface area contributed by atoms with Crippen LogP contribution in [0.25, 0.3) is 0 Å². The van der Waals surface area contributed by atoms with E-state index in [1.807, 2.05) is 18.2 Å². The van der Waals surface area contributed by atoms with E-state index in [0.717, 1.165) is 20.6 Å². The van der Waals surface area contributed by atoms with Crippen molar-refractivity contribution in [3.8, 4) is 0 Å². The molecule has 0 spiro atoms. The van der Waals surface area contributed by atoms with E-state index in [1.165, 1.54) is 18.2 Å². The molecule has 5 heteroatoms. The Morgan fingerprint density at radius 1 is 1.37 bits per heavy atom. The fourth-order valence-electron chi connectivity index (χ4n) is 1.91. The van der Waals surface area contributed by atoms with Crippen molar-refractivity contribution in [2.45, 2.75) is 18.0 Å². The maximum Gasteiger partial charge on any atom is 0.137 e. The molecule has 0 aromatic heterocycles. The number of hydrogen-bond acceptors (Lipinski definition) is 2. The van der Waals surface area contributed by atoms with Crippen LogP contribution in [-0.4, -0.2) is 11.6 Å². The van der Waals surface area contributed by atoms with Crippen LogP contribution < -0.4 is 5.11 Å². The number of hydrogen-bond donors (Lipinski definition) is 0. The first-order valence-electron chi connectivity index (χ1n) is 5.63. The molecule has 1 aromatic rings. The standard InChI is InChI=1S/C14H11Br2FO2/c15-11-5-4-9(7-12(11)16)10-8-14(10,17)6-2-1-3-13(18)19/h1-7,10H,8H2,(H,18,19)/p-1/b3-1+,6-2+. The van der Waals surface area contributed by atoms with Crippen LogP contribution in [0, 0.1) is 0 Å². The van der Waals surface area contributed by atoms with Crippen molar-refractivity contribution >= 4 is 37.8 Å². The van der Waals surface area contributed by atoms with Crippen LogP contribution in [0.3, 0.4) is 0 Å². The maximum atomic E-state index is 14.3. The van der Waals surface area contributed by atoms with Gasteiger partial charge in [0.25, 0.3) is 0 Å². The van der Waals surface area contributed by atoms with Gasteiger partial charge in [0, 0.05) is 14.9 Å². The first-order chi connectivity index (χ1) is 8.92. The molecule has 1 aliphatic rings. The van der Waals surface area contributed by atoms with Crippen LogP contribution >= 0.6 is 31.9 Å². The predicted molar refractivity (Wildman–Crippen MR) is 76.3 cm³/mol. The van der Waals surface area contributed by atoms with Gasteiger partial charge in [-0.15, -0.1) is 0 Å². The van der Waals surface area contributed by atoms with E-state index in [-0.39, 0.29) is 5.92 Å². The van der Waals surface area contributed by atoms with Gasteiger partial charge >= 0.3 is 0 Å². The van der Waals surface area contributed by atoms with E-state index in [0.29, 0.717) is 6.42 Å². The summed E-state index contributed by atoms with van der Waals surface area (Å²) in [4.78, 5) is 10.2. The molecular weight excluding hydrogens is 379 g/mol. The molecule has 0 aliphatic heterocycles. The number of aliphatic carboxylic acids is 1. The third-order valence-electron chi connectivity index (χ3n) is 3.00. The van der Waals surface area contributed by atoms with Gasteiger partial charge in [0.2, 0.25) is 0 Å². The van der Waals surface area contributed by atoms with Crippen LogP contribution in [0.15, 0.2) is 51.4 Å². The summed E-state index contributed by atoms with van der Waals surface area (Å²) in [7, 11) is 0. The number of benzene rings is 1.